The van der Waals surface area contributed by atoms with Crippen LogP contribution in [0.15, 0.2) is 24.3 Å². The van der Waals surface area contributed by atoms with Crippen molar-refractivity contribution in [1.82, 2.24) is 0 Å². The van der Waals surface area contributed by atoms with Crippen molar-refractivity contribution in [3.63, 3.8) is 0 Å². The molecular weight excluding hydrogens is 186 g/mol. The smallest absolute Gasteiger partial charge is 0.142 e. The van der Waals surface area contributed by atoms with E-state index in [0.29, 0.717) is 11.8 Å². The lowest BCUT2D eigenvalue weighted by atomic mass is 9.81. The second-order valence-corrected chi connectivity index (χ2v) is 4.57. The Balaban J connectivity index is 2.12. The molecule has 0 spiro atoms. The van der Waals surface area contributed by atoms with Crippen molar-refractivity contribution in [2.24, 2.45) is 0 Å². The molecule has 0 saturated heterocycles. The second-order valence-electron chi connectivity index (χ2n) is 4.57. The summed E-state index contributed by atoms with van der Waals surface area (Å²) in [5, 5.41) is 0. The summed E-state index contributed by atoms with van der Waals surface area (Å²) >= 11 is 0. The number of benzene rings is 1. The fraction of sp³-hybridized carbons (Fsp3) is 0.462. The van der Waals surface area contributed by atoms with Gasteiger partial charge in [0.1, 0.15) is 5.78 Å². The molecule has 0 aromatic heterocycles. The molecule has 2 atom stereocenters. The van der Waals surface area contributed by atoms with Crippen LogP contribution in [-0.2, 0) is 4.79 Å². The van der Waals surface area contributed by atoms with Crippen molar-refractivity contribution in [3.8, 4) is 0 Å². The SMILES string of the molecule is CN1c2ccccc2C2C(=O)CCCC21. The monoisotopic (exact) mass is 201 g/mol. The van der Waals surface area contributed by atoms with Crippen molar-refractivity contribution < 1.29 is 4.79 Å². The number of hydrogen-bond donors (Lipinski definition) is 0. The molecule has 2 nitrogen and oxygen atoms in total. The molecule has 15 heavy (non-hydrogen) atoms. The van der Waals surface area contributed by atoms with Gasteiger partial charge < -0.3 is 4.90 Å². The number of rotatable bonds is 0. The summed E-state index contributed by atoms with van der Waals surface area (Å²) in [7, 11) is 2.11. The summed E-state index contributed by atoms with van der Waals surface area (Å²) in [6, 6.07) is 8.75. The molecule has 2 heteroatoms. The second kappa shape index (κ2) is 3.09. The summed E-state index contributed by atoms with van der Waals surface area (Å²) in [4.78, 5) is 14.2. The third-order valence-electron chi connectivity index (χ3n) is 3.80. The van der Waals surface area contributed by atoms with E-state index in [1.165, 1.54) is 11.3 Å². The molecule has 1 aliphatic heterocycles. The highest BCUT2D eigenvalue weighted by atomic mass is 16.1. The van der Waals surface area contributed by atoms with Crippen molar-refractivity contribution in [1.29, 1.82) is 0 Å². The van der Waals surface area contributed by atoms with Gasteiger partial charge in [-0.25, -0.2) is 0 Å². The number of carbonyl (C=O) groups is 1. The summed E-state index contributed by atoms with van der Waals surface area (Å²) in [5.41, 5.74) is 2.50. The zero-order valence-corrected chi connectivity index (χ0v) is 8.94. The zero-order chi connectivity index (χ0) is 10.4. The van der Waals surface area contributed by atoms with Crippen LogP contribution in [-0.4, -0.2) is 18.9 Å². The fourth-order valence-corrected chi connectivity index (χ4v) is 3.07. The minimum Gasteiger partial charge on any atom is -0.370 e. The summed E-state index contributed by atoms with van der Waals surface area (Å²) < 4.78 is 0. The Morgan fingerprint density at radius 1 is 1.33 bits per heavy atom. The van der Waals surface area contributed by atoms with Gasteiger partial charge in [0.15, 0.2) is 0 Å². The van der Waals surface area contributed by atoms with Crippen LogP contribution in [0.2, 0.25) is 0 Å². The van der Waals surface area contributed by atoms with E-state index in [0.717, 1.165) is 19.3 Å². The average molecular weight is 201 g/mol. The molecule has 0 N–H and O–H groups in total. The maximum atomic E-state index is 12.0. The van der Waals surface area contributed by atoms with Crippen LogP contribution in [0.25, 0.3) is 0 Å². The Morgan fingerprint density at radius 2 is 2.13 bits per heavy atom. The Labute approximate surface area is 89.9 Å². The third kappa shape index (κ3) is 1.14. The van der Waals surface area contributed by atoms with Gasteiger partial charge in [-0.15, -0.1) is 0 Å². The first-order valence-electron chi connectivity index (χ1n) is 5.63. The predicted molar refractivity (Wildman–Crippen MR) is 60.2 cm³/mol. The topological polar surface area (TPSA) is 20.3 Å². The number of fused-ring (bicyclic) bond motifs is 3. The number of hydrogen-bond acceptors (Lipinski definition) is 2. The molecule has 78 valence electrons. The van der Waals surface area contributed by atoms with E-state index in [-0.39, 0.29) is 5.92 Å². The number of Topliss-reactive ketones (excluding diaryl/α,β-unsaturated/α-hetero) is 1. The van der Waals surface area contributed by atoms with Gasteiger partial charge in [0.05, 0.1) is 5.92 Å². The van der Waals surface area contributed by atoms with Gasteiger partial charge in [-0.1, -0.05) is 18.2 Å². The molecule has 3 rings (SSSR count). The minimum atomic E-state index is 0.153. The molecule has 0 amide bonds. The van der Waals surface area contributed by atoms with Crippen molar-refractivity contribution in [2.45, 2.75) is 31.2 Å². The van der Waals surface area contributed by atoms with Gasteiger partial charge in [0.25, 0.3) is 0 Å². The number of likely N-dealkylation sites (N-methyl/N-ethyl adjacent to an activating group) is 1. The molecule has 1 aromatic carbocycles. The van der Waals surface area contributed by atoms with E-state index in [9.17, 15) is 4.79 Å². The molecule has 1 heterocycles. The van der Waals surface area contributed by atoms with E-state index in [2.05, 4.69) is 30.1 Å². The zero-order valence-electron chi connectivity index (χ0n) is 8.94. The lowest BCUT2D eigenvalue weighted by molar-refractivity contribution is -0.122. The van der Waals surface area contributed by atoms with Crippen LogP contribution in [0, 0.1) is 0 Å². The predicted octanol–water partition coefficient (Wildman–Crippen LogP) is 2.34. The normalized spacial score (nSPS) is 28.9. The number of nitrogens with zero attached hydrogens (tertiary/aromatic N) is 1. The molecule has 1 aliphatic carbocycles. The molecule has 2 aliphatic rings. The highest BCUT2D eigenvalue weighted by Crippen LogP contribution is 2.44. The van der Waals surface area contributed by atoms with Crippen LogP contribution >= 0.6 is 0 Å². The van der Waals surface area contributed by atoms with Crippen LogP contribution < -0.4 is 4.90 Å². The van der Waals surface area contributed by atoms with Gasteiger partial charge >= 0.3 is 0 Å². The van der Waals surface area contributed by atoms with Gasteiger partial charge in [-0.3, -0.25) is 4.79 Å². The first kappa shape index (κ1) is 8.96. The lowest BCUT2D eigenvalue weighted by Gasteiger charge is -2.29. The van der Waals surface area contributed by atoms with Crippen molar-refractivity contribution in [3.05, 3.63) is 29.8 Å². The highest BCUT2D eigenvalue weighted by molar-refractivity contribution is 5.91. The van der Waals surface area contributed by atoms with Crippen molar-refractivity contribution in [2.75, 3.05) is 11.9 Å². The molecule has 2 unspecified atom stereocenters. The van der Waals surface area contributed by atoms with Gasteiger partial charge in [-0.2, -0.15) is 0 Å². The molecule has 1 fully saturated rings. The van der Waals surface area contributed by atoms with E-state index in [1.807, 2.05) is 6.07 Å². The minimum absolute atomic E-state index is 0.153. The van der Waals surface area contributed by atoms with Crippen molar-refractivity contribution >= 4 is 11.5 Å². The molecule has 0 bridgehead atoms. The number of para-hydroxylation sites is 1. The molecule has 1 saturated carbocycles. The molecule has 1 aromatic rings. The maximum absolute atomic E-state index is 12.0. The van der Waals surface area contributed by atoms with Gasteiger partial charge in [-0.05, 0) is 24.5 Å². The van der Waals surface area contributed by atoms with Crippen LogP contribution in [0.3, 0.4) is 0 Å². The number of ketones is 1. The quantitative estimate of drug-likeness (QED) is 0.642. The van der Waals surface area contributed by atoms with E-state index >= 15 is 0 Å². The fourth-order valence-electron chi connectivity index (χ4n) is 3.07. The van der Waals surface area contributed by atoms with Gasteiger partial charge in [0.2, 0.25) is 0 Å². The van der Waals surface area contributed by atoms with Crippen LogP contribution in [0.1, 0.15) is 30.7 Å². The van der Waals surface area contributed by atoms with Gasteiger partial charge in [0, 0.05) is 25.2 Å². The molecule has 0 radical (unpaired) electrons. The Hall–Kier alpha value is -1.31. The Morgan fingerprint density at radius 3 is 3.00 bits per heavy atom. The summed E-state index contributed by atoms with van der Waals surface area (Å²) in [5.74, 6) is 0.586. The third-order valence-corrected chi connectivity index (χ3v) is 3.80. The van der Waals surface area contributed by atoms with E-state index in [4.69, 9.17) is 0 Å². The van der Waals surface area contributed by atoms with E-state index < -0.39 is 0 Å². The first-order valence-corrected chi connectivity index (χ1v) is 5.63. The first-order chi connectivity index (χ1) is 7.29. The van der Waals surface area contributed by atoms with Crippen LogP contribution in [0.4, 0.5) is 5.69 Å². The standard InChI is InChI=1S/C13H15NO/c1-14-10-6-3-2-5-9(10)13-11(14)7-4-8-12(13)15/h2-3,5-6,11,13H,4,7-8H2,1H3. The Bertz CT molecular complexity index is 413. The van der Waals surface area contributed by atoms with E-state index in [1.54, 1.807) is 0 Å². The number of carbonyl (C=O) groups excluding carboxylic acids is 1. The lowest BCUT2D eigenvalue weighted by Crippen LogP contribution is -2.36. The number of anilines is 1. The highest BCUT2D eigenvalue weighted by Gasteiger charge is 2.42. The largest absolute Gasteiger partial charge is 0.370 e. The summed E-state index contributed by atoms with van der Waals surface area (Å²) in [6.07, 6.45) is 2.98. The molecular formula is C13H15NO. The maximum Gasteiger partial charge on any atom is 0.142 e. The Kier molecular flexibility index (Phi) is 1.84. The average Bonchev–Trinajstić information content (AvgIpc) is 2.55. The summed E-state index contributed by atoms with van der Waals surface area (Å²) in [6.45, 7) is 0. The van der Waals surface area contributed by atoms with Crippen LogP contribution in [0.5, 0.6) is 0 Å².